The van der Waals surface area contributed by atoms with E-state index in [1.165, 1.54) is 18.5 Å². The van der Waals surface area contributed by atoms with Gasteiger partial charge in [0, 0.05) is 13.1 Å². The first-order valence-corrected chi connectivity index (χ1v) is 12.4. The summed E-state index contributed by atoms with van der Waals surface area (Å²) >= 11 is 10.9. The normalized spacial score (nSPS) is 15.7. The van der Waals surface area contributed by atoms with Crippen LogP contribution in [0.15, 0.2) is 52.5 Å². The van der Waals surface area contributed by atoms with Crippen LogP contribution in [-0.2, 0) is 16.0 Å². The molecule has 0 unspecified atom stereocenters. The Morgan fingerprint density at radius 1 is 1.09 bits per heavy atom. The van der Waals surface area contributed by atoms with E-state index in [-0.39, 0.29) is 4.90 Å². The number of aromatic amines is 1. The fourth-order valence-corrected chi connectivity index (χ4v) is 5.55. The summed E-state index contributed by atoms with van der Waals surface area (Å²) in [4.78, 5) is 1.46. The van der Waals surface area contributed by atoms with Crippen molar-refractivity contribution in [2.75, 3.05) is 18.0 Å². The van der Waals surface area contributed by atoms with Crippen molar-refractivity contribution < 1.29 is 21.6 Å². The average molecular weight is 517 g/mol. The Morgan fingerprint density at radius 3 is 2.33 bits per heavy atom. The van der Waals surface area contributed by atoms with Crippen LogP contribution in [0.2, 0.25) is 5.02 Å². The lowest BCUT2D eigenvalue weighted by molar-refractivity contribution is -0.137. The van der Waals surface area contributed by atoms with Crippen LogP contribution in [0.1, 0.15) is 25.3 Å². The molecule has 3 aromatic rings. The number of piperidine rings is 1. The molecule has 2 aromatic carbocycles. The molecule has 4 rings (SSSR count). The Bertz CT molecular complexity index is 1340. The minimum Gasteiger partial charge on any atom is -0.370 e. The molecule has 6 nitrogen and oxygen atoms in total. The number of halogens is 4. The maximum atomic E-state index is 13.3. The van der Waals surface area contributed by atoms with E-state index >= 15 is 0 Å². The largest absolute Gasteiger partial charge is 0.417 e. The molecule has 33 heavy (non-hydrogen) atoms. The Labute approximate surface area is 198 Å². The van der Waals surface area contributed by atoms with E-state index in [1.54, 1.807) is 10.6 Å². The summed E-state index contributed by atoms with van der Waals surface area (Å²) < 4.78 is 68.5. The molecular weight excluding hydrogens is 497 g/mol. The molecule has 2 heterocycles. The van der Waals surface area contributed by atoms with E-state index in [1.807, 2.05) is 0 Å². The summed E-state index contributed by atoms with van der Waals surface area (Å²) in [5, 5.41) is 6.05. The SMILES string of the molecule is CC1CCN(c2cc(S(=O)(=O)c3ccc(Cl)c(C(F)(F)F)c3)ccc2-n2cn[nH]c2=S)CC1. The predicted octanol–water partition coefficient (Wildman–Crippen LogP) is 5.67. The lowest BCUT2D eigenvalue weighted by Gasteiger charge is -2.33. The van der Waals surface area contributed by atoms with Crippen LogP contribution < -0.4 is 4.90 Å². The van der Waals surface area contributed by atoms with Gasteiger partial charge in [0.25, 0.3) is 0 Å². The van der Waals surface area contributed by atoms with Gasteiger partial charge in [-0.25, -0.2) is 8.42 Å². The van der Waals surface area contributed by atoms with Crippen molar-refractivity contribution in [1.29, 1.82) is 0 Å². The van der Waals surface area contributed by atoms with E-state index < -0.39 is 31.5 Å². The zero-order chi connectivity index (χ0) is 24.0. The van der Waals surface area contributed by atoms with Crippen molar-refractivity contribution in [3.05, 3.63) is 58.1 Å². The van der Waals surface area contributed by atoms with E-state index in [0.29, 0.717) is 41.2 Å². The summed E-state index contributed by atoms with van der Waals surface area (Å²) in [6.07, 6.45) is -1.42. The molecule has 1 fully saturated rings. The number of sulfone groups is 1. The van der Waals surface area contributed by atoms with Gasteiger partial charge in [0.05, 0.1) is 31.8 Å². The Balaban J connectivity index is 1.84. The molecule has 0 bridgehead atoms. The topological polar surface area (TPSA) is 71.0 Å². The van der Waals surface area contributed by atoms with Crippen molar-refractivity contribution in [3.8, 4) is 5.69 Å². The minimum absolute atomic E-state index is 0.120. The second-order valence-corrected chi connectivity index (χ2v) is 10.7. The van der Waals surface area contributed by atoms with Gasteiger partial charge in [-0.15, -0.1) is 0 Å². The quantitative estimate of drug-likeness (QED) is 0.452. The number of alkyl halides is 3. The van der Waals surface area contributed by atoms with Gasteiger partial charge < -0.3 is 4.90 Å². The first kappa shape index (κ1) is 23.8. The van der Waals surface area contributed by atoms with Crippen LogP contribution in [0.25, 0.3) is 5.69 Å². The number of H-pyrrole nitrogens is 1. The molecule has 0 saturated carbocycles. The molecule has 0 spiro atoms. The summed E-state index contributed by atoms with van der Waals surface area (Å²) in [6.45, 7) is 3.58. The maximum Gasteiger partial charge on any atom is 0.417 e. The predicted molar refractivity (Wildman–Crippen MR) is 121 cm³/mol. The number of benzene rings is 2. The molecule has 0 amide bonds. The molecule has 1 aliphatic rings. The van der Waals surface area contributed by atoms with E-state index in [2.05, 4.69) is 22.0 Å². The average Bonchev–Trinajstić information content (AvgIpc) is 3.19. The third-order valence-electron chi connectivity index (χ3n) is 5.75. The first-order valence-electron chi connectivity index (χ1n) is 10.1. The van der Waals surface area contributed by atoms with Gasteiger partial charge in [-0.3, -0.25) is 9.67 Å². The maximum absolute atomic E-state index is 13.3. The number of nitrogens with zero attached hydrogens (tertiary/aromatic N) is 3. The van der Waals surface area contributed by atoms with Gasteiger partial charge >= 0.3 is 6.18 Å². The van der Waals surface area contributed by atoms with Gasteiger partial charge in [-0.05, 0) is 67.4 Å². The summed E-state index contributed by atoms with van der Waals surface area (Å²) in [6, 6.07) is 7.03. The van der Waals surface area contributed by atoms with Crippen LogP contribution in [0.5, 0.6) is 0 Å². The van der Waals surface area contributed by atoms with Crippen molar-refractivity contribution in [3.63, 3.8) is 0 Å². The fourth-order valence-electron chi connectivity index (χ4n) is 3.82. The lowest BCUT2D eigenvalue weighted by atomic mass is 9.98. The van der Waals surface area contributed by atoms with E-state index in [4.69, 9.17) is 23.8 Å². The van der Waals surface area contributed by atoms with Crippen LogP contribution in [0, 0.1) is 10.7 Å². The van der Waals surface area contributed by atoms with Crippen LogP contribution in [0.3, 0.4) is 0 Å². The van der Waals surface area contributed by atoms with Crippen LogP contribution in [-0.4, -0.2) is 36.3 Å². The highest BCUT2D eigenvalue weighted by Gasteiger charge is 2.35. The van der Waals surface area contributed by atoms with Crippen molar-refractivity contribution >= 4 is 39.3 Å². The van der Waals surface area contributed by atoms with Gasteiger partial charge in [0.2, 0.25) is 9.84 Å². The summed E-state index contributed by atoms with van der Waals surface area (Å²) in [5.74, 6) is 0.544. The van der Waals surface area contributed by atoms with E-state index in [9.17, 15) is 21.6 Å². The van der Waals surface area contributed by atoms with Gasteiger partial charge in [-0.1, -0.05) is 18.5 Å². The Kier molecular flexibility index (Phi) is 6.32. The molecule has 1 aliphatic heterocycles. The Morgan fingerprint density at radius 2 is 1.73 bits per heavy atom. The number of hydrogen-bond acceptors (Lipinski definition) is 5. The smallest absolute Gasteiger partial charge is 0.370 e. The van der Waals surface area contributed by atoms with Crippen molar-refractivity contribution in [2.45, 2.75) is 35.7 Å². The second-order valence-electron chi connectivity index (χ2n) is 7.99. The number of nitrogens with one attached hydrogen (secondary N) is 1. The third-order valence-corrected chi connectivity index (χ3v) is 8.11. The Hall–Kier alpha value is -2.37. The third kappa shape index (κ3) is 4.67. The zero-order valence-electron chi connectivity index (χ0n) is 17.4. The molecular formula is C21H20ClF3N4O2S2. The van der Waals surface area contributed by atoms with E-state index in [0.717, 1.165) is 25.0 Å². The number of anilines is 1. The molecule has 1 aromatic heterocycles. The minimum atomic E-state index is -4.78. The first-order chi connectivity index (χ1) is 15.5. The molecule has 1 N–H and O–H groups in total. The molecule has 12 heteroatoms. The van der Waals surface area contributed by atoms with Gasteiger partial charge in [0.1, 0.15) is 6.33 Å². The molecule has 1 saturated heterocycles. The highest BCUT2D eigenvalue weighted by atomic mass is 35.5. The summed E-state index contributed by atoms with van der Waals surface area (Å²) in [5.41, 5.74) is 0.0524. The van der Waals surface area contributed by atoms with Gasteiger partial charge in [0.15, 0.2) is 4.77 Å². The highest BCUT2D eigenvalue weighted by Crippen LogP contribution is 2.38. The lowest BCUT2D eigenvalue weighted by Crippen LogP contribution is -2.33. The zero-order valence-corrected chi connectivity index (χ0v) is 19.8. The standard InChI is InChI=1S/C21H20ClF3N4O2S2/c1-13-6-8-28(9-7-13)19-11-15(3-5-18(19)29-12-26-27-20(29)32)33(30,31)14-2-4-17(22)16(10-14)21(23,24)25/h2-5,10-13H,6-9H2,1H3,(H,27,32). The van der Waals surface area contributed by atoms with Crippen molar-refractivity contribution in [2.24, 2.45) is 5.92 Å². The molecule has 0 radical (unpaired) electrons. The molecule has 0 atom stereocenters. The number of hydrogen-bond donors (Lipinski definition) is 1. The monoisotopic (exact) mass is 516 g/mol. The van der Waals surface area contributed by atoms with Crippen LogP contribution in [0.4, 0.5) is 18.9 Å². The summed E-state index contributed by atoms with van der Waals surface area (Å²) in [7, 11) is -4.25. The number of aromatic nitrogens is 3. The second kappa shape index (κ2) is 8.77. The number of rotatable bonds is 4. The van der Waals surface area contributed by atoms with Crippen molar-refractivity contribution in [1.82, 2.24) is 14.8 Å². The fraction of sp³-hybridized carbons (Fsp3) is 0.333. The van der Waals surface area contributed by atoms with Gasteiger partial charge in [-0.2, -0.15) is 18.3 Å². The highest BCUT2D eigenvalue weighted by molar-refractivity contribution is 7.91. The molecule has 176 valence electrons. The molecule has 0 aliphatic carbocycles. The van der Waals surface area contributed by atoms with Crippen LogP contribution >= 0.6 is 23.8 Å².